The smallest absolute Gasteiger partial charge is 0.216 e. The van der Waals surface area contributed by atoms with Gasteiger partial charge >= 0.3 is 0 Å². The molecule has 6 heteroatoms. The van der Waals surface area contributed by atoms with Gasteiger partial charge in [-0.3, -0.25) is 4.68 Å². The molecule has 0 bridgehead atoms. The minimum absolute atomic E-state index is 0.355. The molecule has 21 heavy (non-hydrogen) atoms. The maximum absolute atomic E-state index is 5.43. The van der Waals surface area contributed by atoms with E-state index >= 15 is 0 Å². The summed E-state index contributed by atoms with van der Waals surface area (Å²) in [6, 6.07) is 0.355. The summed E-state index contributed by atoms with van der Waals surface area (Å²) in [6.45, 7) is 11.1. The fraction of sp³-hybridized carbons (Fsp3) is 0.600. The molecule has 0 saturated heterocycles. The molecule has 0 radical (unpaired) electrons. The highest BCUT2D eigenvalue weighted by Crippen LogP contribution is 2.26. The van der Waals surface area contributed by atoms with Gasteiger partial charge in [-0.2, -0.15) is 10.2 Å². The zero-order valence-corrected chi connectivity index (χ0v) is 14.0. The lowest BCUT2D eigenvalue weighted by Gasteiger charge is -2.10. The lowest BCUT2D eigenvalue weighted by molar-refractivity contribution is 0.370. The Hall–Kier alpha value is -1.98. The van der Waals surface area contributed by atoms with Gasteiger partial charge in [0, 0.05) is 19.6 Å². The van der Waals surface area contributed by atoms with Crippen LogP contribution in [-0.2, 0) is 13.6 Å². The number of nitrogens with zero attached hydrogens (tertiary/aromatic N) is 4. The van der Waals surface area contributed by atoms with E-state index in [0.717, 1.165) is 34.2 Å². The molecule has 0 aliphatic carbocycles. The van der Waals surface area contributed by atoms with Crippen molar-refractivity contribution < 1.29 is 4.74 Å². The van der Waals surface area contributed by atoms with Crippen LogP contribution in [0, 0.1) is 20.8 Å². The summed E-state index contributed by atoms with van der Waals surface area (Å²) in [4.78, 5) is 0. The predicted molar refractivity (Wildman–Crippen MR) is 83.9 cm³/mol. The Balaban J connectivity index is 2.25. The van der Waals surface area contributed by atoms with E-state index < -0.39 is 0 Å². The summed E-state index contributed by atoms with van der Waals surface area (Å²) in [5.41, 5.74) is 5.32. The van der Waals surface area contributed by atoms with Crippen molar-refractivity contribution in [3.8, 4) is 5.88 Å². The number of rotatable bonds is 5. The number of anilines is 1. The Morgan fingerprint density at radius 1 is 1.14 bits per heavy atom. The van der Waals surface area contributed by atoms with Crippen LogP contribution in [-0.4, -0.2) is 26.7 Å². The van der Waals surface area contributed by atoms with E-state index in [1.165, 1.54) is 0 Å². The summed E-state index contributed by atoms with van der Waals surface area (Å²) in [5, 5.41) is 12.5. The maximum atomic E-state index is 5.43. The third-order valence-corrected chi connectivity index (χ3v) is 3.74. The molecule has 2 aromatic heterocycles. The fourth-order valence-electron chi connectivity index (χ4n) is 2.74. The lowest BCUT2D eigenvalue weighted by Crippen LogP contribution is -2.07. The molecular formula is C15H25N5O. The van der Waals surface area contributed by atoms with E-state index in [9.17, 15) is 0 Å². The molecule has 0 aliphatic rings. The van der Waals surface area contributed by atoms with Crippen LogP contribution in [0.5, 0.6) is 5.88 Å². The van der Waals surface area contributed by atoms with Crippen LogP contribution in [0.15, 0.2) is 0 Å². The van der Waals surface area contributed by atoms with Gasteiger partial charge in [0.05, 0.1) is 35.4 Å². The quantitative estimate of drug-likeness (QED) is 0.920. The number of nitrogens with one attached hydrogen (secondary N) is 1. The molecule has 0 fully saturated rings. The van der Waals surface area contributed by atoms with Crippen LogP contribution in [0.1, 0.15) is 42.5 Å². The highest BCUT2D eigenvalue weighted by Gasteiger charge is 2.17. The molecule has 0 aromatic carbocycles. The van der Waals surface area contributed by atoms with Crippen LogP contribution in [0.4, 0.5) is 5.69 Å². The number of hydrogen-bond donors (Lipinski definition) is 1. The van der Waals surface area contributed by atoms with Gasteiger partial charge < -0.3 is 10.1 Å². The molecule has 6 nitrogen and oxygen atoms in total. The Labute approximate surface area is 126 Å². The monoisotopic (exact) mass is 291 g/mol. The molecule has 2 heterocycles. The Bertz CT molecular complexity index is 639. The Kier molecular flexibility index (Phi) is 4.25. The van der Waals surface area contributed by atoms with Gasteiger partial charge in [0.2, 0.25) is 5.88 Å². The van der Waals surface area contributed by atoms with E-state index in [1.807, 2.05) is 25.6 Å². The number of aromatic nitrogens is 4. The van der Waals surface area contributed by atoms with Gasteiger partial charge in [-0.05, 0) is 34.6 Å². The fourth-order valence-corrected chi connectivity index (χ4v) is 2.74. The molecular weight excluding hydrogens is 266 g/mol. The first-order valence-electron chi connectivity index (χ1n) is 7.22. The molecule has 0 aliphatic heterocycles. The zero-order chi connectivity index (χ0) is 15.7. The zero-order valence-electron chi connectivity index (χ0n) is 14.0. The molecule has 0 atom stereocenters. The topological polar surface area (TPSA) is 56.9 Å². The first kappa shape index (κ1) is 15.4. The second kappa shape index (κ2) is 5.79. The standard InChI is InChI=1S/C15H25N5O/c1-9(2)20-12(5)14(11(4)18-20)16-8-13-10(3)17-19(6)15(13)21-7/h9,16H,8H2,1-7H3. The Morgan fingerprint density at radius 3 is 2.33 bits per heavy atom. The van der Waals surface area contributed by atoms with E-state index in [4.69, 9.17) is 4.74 Å². The molecule has 0 unspecified atom stereocenters. The molecule has 0 spiro atoms. The van der Waals surface area contributed by atoms with Crippen molar-refractivity contribution in [3.63, 3.8) is 0 Å². The van der Waals surface area contributed by atoms with Gasteiger partial charge in [-0.25, -0.2) is 4.68 Å². The van der Waals surface area contributed by atoms with Crippen molar-refractivity contribution in [2.24, 2.45) is 7.05 Å². The van der Waals surface area contributed by atoms with Crippen molar-refractivity contribution in [1.82, 2.24) is 19.6 Å². The summed E-state index contributed by atoms with van der Waals surface area (Å²) in [6.07, 6.45) is 0. The molecule has 2 rings (SSSR count). The van der Waals surface area contributed by atoms with Gasteiger partial charge in [0.15, 0.2) is 0 Å². The van der Waals surface area contributed by atoms with Crippen LogP contribution in [0.3, 0.4) is 0 Å². The van der Waals surface area contributed by atoms with E-state index in [0.29, 0.717) is 12.6 Å². The molecule has 0 saturated carbocycles. The molecule has 2 aromatic rings. The number of hydrogen-bond acceptors (Lipinski definition) is 4. The van der Waals surface area contributed by atoms with Crippen LogP contribution < -0.4 is 10.1 Å². The first-order chi connectivity index (χ1) is 9.86. The minimum Gasteiger partial charge on any atom is -0.481 e. The average Bonchev–Trinajstić information content (AvgIpc) is 2.84. The van der Waals surface area contributed by atoms with Crippen LogP contribution in [0.25, 0.3) is 0 Å². The number of ether oxygens (including phenoxy) is 1. The second-order valence-electron chi connectivity index (χ2n) is 5.63. The number of methoxy groups -OCH3 is 1. The largest absolute Gasteiger partial charge is 0.481 e. The highest BCUT2D eigenvalue weighted by molar-refractivity contribution is 5.53. The van der Waals surface area contributed by atoms with Crippen molar-refractivity contribution in [3.05, 3.63) is 22.6 Å². The minimum atomic E-state index is 0.355. The van der Waals surface area contributed by atoms with Gasteiger partial charge in [0.25, 0.3) is 0 Å². The SMILES string of the molecule is COc1c(CNc2c(C)nn(C(C)C)c2C)c(C)nn1C. The van der Waals surface area contributed by atoms with Crippen LogP contribution in [0.2, 0.25) is 0 Å². The molecule has 1 N–H and O–H groups in total. The summed E-state index contributed by atoms with van der Waals surface area (Å²) in [5.74, 6) is 0.798. The summed E-state index contributed by atoms with van der Waals surface area (Å²) >= 11 is 0. The van der Waals surface area contributed by atoms with E-state index in [-0.39, 0.29) is 0 Å². The third-order valence-electron chi connectivity index (χ3n) is 3.74. The Morgan fingerprint density at radius 2 is 1.81 bits per heavy atom. The second-order valence-corrected chi connectivity index (χ2v) is 5.63. The highest BCUT2D eigenvalue weighted by atomic mass is 16.5. The van der Waals surface area contributed by atoms with E-state index in [2.05, 4.69) is 36.3 Å². The van der Waals surface area contributed by atoms with Gasteiger partial charge in [0.1, 0.15) is 0 Å². The van der Waals surface area contributed by atoms with Gasteiger partial charge in [-0.15, -0.1) is 0 Å². The molecule has 116 valence electrons. The van der Waals surface area contributed by atoms with Crippen molar-refractivity contribution in [1.29, 1.82) is 0 Å². The van der Waals surface area contributed by atoms with Crippen molar-refractivity contribution >= 4 is 5.69 Å². The van der Waals surface area contributed by atoms with E-state index in [1.54, 1.807) is 11.8 Å². The lowest BCUT2D eigenvalue weighted by atomic mass is 10.2. The number of aryl methyl sites for hydroxylation is 3. The van der Waals surface area contributed by atoms with Crippen molar-refractivity contribution in [2.45, 2.75) is 47.2 Å². The summed E-state index contributed by atoms with van der Waals surface area (Å²) in [7, 11) is 3.57. The predicted octanol–water partition coefficient (Wildman–Crippen LogP) is 2.74. The third kappa shape index (κ3) is 2.75. The van der Waals surface area contributed by atoms with Crippen LogP contribution >= 0.6 is 0 Å². The molecule has 0 amide bonds. The van der Waals surface area contributed by atoms with Crippen molar-refractivity contribution in [2.75, 3.05) is 12.4 Å². The van der Waals surface area contributed by atoms with Gasteiger partial charge in [-0.1, -0.05) is 0 Å². The maximum Gasteiger partial charge on any atom is 0.216 e. The first-order valence-corrected chi connectivity index (χ1v) is 7.22. The summed E-state index contributed by atoms with van der Waals surface area (Å²) < 4.78 is 9.24. The normalized spacial score (nSPS) is 11.2. The average molecular weight is 291 g/mol.